The van der Waals surface area contributed by atoms with Crippen molar-refractivity contribution < 1.29 is 18.0 Å². The number of halogens is 2. The Morgan fingerprint density at radius 2 is 2.22 bits per heavy atom. The minimum atomic E-state index is -0.709. The molecule has 0 N–H and O–H groups in total. The summed E-state index contributed by atoms with van der Waals surface area (Å²) in [6.45, 7) is 1.69. The summed E-state index contributed by atoms with van der Waals surface area (Å²) in [6.07, 6.45) is 1.29. The molecule has 1 amide bonds. The summed E-state index contributed by atoms with van der Waals surface area (Å²) in [5, 5.41) is 3.81. The van der Waals surface area contributed by atoms with Crippen molar-refractivity contribution in [3.05, 3.63) is 51.8 Å². The molecule has 23 heavy (non-hydrogen) atoms. The van der Waals surface area contributed by atoms with Crippen LogP contribution in [0.15, 0.2) is 27.4 Å². The molecule has 1 saturated heterocycles. The number of benzene rings is 1. The van der Waals surface area contributed by atoms with Crippen molar-refractivity contribution in [3.63, 3.8) is 0 Å². The second-order valence-electron chi connectivity index (χ2n) is 5.46. The van der Waals surface area contributed by atoms with Crippen LogP contribution in [0.5, 0.6) is 0 Å². The zero-order chi connectivity index (χ0) is 16.6. The molecular formula is C15H15F2N3O3. The number of aryl methyl sites for hydroxylation is 1. The van der Waals surface area contributed by atoms with Crippen LogP contribution in [0.25, 0.3) is 0 Å². The number of aromatic nitrogens is 2. The summed E-state index contributed by atoms with van der Waals surface area (Å²) < 4.78 is 32.7. The van der Waals surface area contributed by atoms with Gasteiger partial charge in [-0.25, -0.2) is 13.6 Å². The second-order valence-corrected chi connectivity index (χ2v) is 5.46. The molecule has 1 aromatic carbocycles. The fourth-order valence-corrected chi connectivity index (χ4v) is 2.89. The van der Waals surface area contributed by atoms with Crippen LogP contribution >= 0.6 is 0 Å². The first-order valence-corrected chi connectivity index (χ1v) is 7.24. The highest BCUT2D eigenvalue weighted by Crippen LogP contribution is 2.33. The Morgan fingerprint density at radius 3 is 2.87 bits per heavy atom. The molecule has 0 spiro atoms. The van der Waals surface area contributed by atoms with Crippen molar-refractivity contribution in [2.45, 2.75) is 32.4 Å². The molecule has 1 aromatic heterocycles. The molecule has 2 heterocycles. The zero-order valence-corrected chi connectivity index (χ0v) is 12.5. The minimum absolute atomic E-state index is 0.172. The number of carbonyl (C=O) groups excluding carboxylic acids is 1. The maximum Gasteiger partial charge on any atom is 0.437 e. The molecule has 1 fully saturated rings. The van der Waals surface area contributed by atoms with E-state index >= 15 is 0 Å². The predicted molar refractivity (Wildman–Crippen MR) is 75.5 cm³/mol. The lowest BCUT2D eigenvalue weighted by Gasteiger charge is -2.25. The van der Waals surface area contributed by atoms with E-state index in [0.717, 1.165) is 10.7 Å². The van der Waals surface area contributed by atoms with E-state index in [4.69, 9.17) is 4.42 Å². The molecule has 3 rings (SSSR count). The largest absolute Gasteiger partial charge is 0.437 e. The van der Waals surface area contributed by atoms with E-state index < -0.39 is 23.4 Å². The predicted octanol–water partition coefficient (Wildman–Crippen LogP) is 1.79. The number of amides is 1. The van der Waals surface area contributed by atoms with Gasteiger partial charge >= 0.3 is 5.76 Å². The molecule has 0 radical (unpaired) electrons. The van der Waals surface area contributed by atoms with Gasteiger partial charge in [0.15, 0.2) is 0 Å². The number of nitrogens with zero attached hydrogens (tertiary/aromatic N) is 3. The maximum absolute atomic E-state index is 14.0. The topological polar surface area (TPSA) is 68.3 Å². The van der Waals surface area contributed by atoms with Crippen LogP contribution in [0.3, 0.4) is 0 Å². The Labute approximate surface area is 130 Å². The van der Waals surface area contributed by atoms with E-state index in [2.05, 4.69) is 5.10 Å². The number of hydrogen-bond donors (Lipinski definition) is 0. The zero-order valence-electron chi connectivity index (χ0n) is 12.5. The van der Waals surface area contributed by atoms with Gasteiger partial charge < -0.3 is 9.32 Å². The molecule has 1 unspecified atom stereocenters. The quantitative estimate of drug-likeness (QED) is 0.863. The van der Waals surface area contributed by atoms with Crippen LogP contribution < -0.4 is 5.76 Å². The Balaban J connectivity index is 1.82. The number of likely N-dealkylation sites (tertiary alicyclic amines) is 1. The van der Waals surface area contributed by atoms with Crippen molar-refractivity contribution >= 4 is 5.91 Å². The average Bonchev–Trinajstić information content (AvgIpc) is 3.06. The summed E-state index contributed by atoms with van der Waals surface area (Å²) in [5.41, 5.74) is 0.279. The molecule has 0 bridgehead atoms. The van der Waals surface area contributed by atoms with Gasteiger partial charge in [0.1, 0.15) is 18.2 Å². The maximum atomic E-state index is 14.0. The molecule has 2 aromatic rings. The van der Waals surface area contributed by atoms with Crippen molar-refractivity contribution in [2.24, 2.45) is 0 Å². The lowest BCUT2D eigenvalue weighted by Crippen LogP contribution is -2.36. The fraction of sp³-hybridized carbons (Fsp3) is 0.400. The fourth-order valence-electron chi connectivity index (χ4n) is 2.89. The molecule has 1 atom stereocenters. The van der Waals surface area contributed by atoms with Gasteiger partial charge in [0.2, 0.25) is 11.8 Å². The summed E-state index contributed by atoms with van der Waals surface area (Å²) in [4.78, 5) is 25.4. The highest BCUT2D eigenvalue weighted by atomic mass is 19.1. The third-order valence-electron chi connectivity index (χ3n) is 3.89. The number of hydrogen-bond acceptors (Lipinski definition) is 4. The van der Waals surface area contributed by atoms with Gasteiger partial charge in [0.25, 0.3) is 0 Å². The molecule has 0 saturated carbocycles. The number of carbonyl (C=O) groups is 1. The molecule has 1 aliphatic rings. The Kier molecular flexibility index (Phi) is 3.97. The van der Waals surface area contributed by atoms with E-state index in [1.54, 1.807) is 0 Å². The first kappa shape index (κ1) is 15.4. The first-order valence-electron chi connectivity index (χ1n) is 7.24. The van der Waals surface area contributed by atoms with Crippen LogP contribution in [0.1, 0.15) is 30.3 Å². The van der Waals surface area contributed by atoms with Gasteiger partial charge in [-0.3, -0.25) is 4.79 Å². The summed E-state index contributed by atoms with van der Waals surface area (Å²) in [7, 11) is 0. The number of rotatable bonds is 3. The summed E-state index contributed by atoms with van der Waals surface area (Å²) >= 11 is 0. The third kappa shape index (κ3) is 3.01. The van der Waals surface area contributed by atoms with E-state index in [-0.39, 0.29) is 23.9 Å². The normalized spacial score (nSPS) is 17.7. The third-order valence-corrected chi connectivity index (χ3v) is 3.89. The summed E-state index contributed by atoms with van der Waals surface area (Å²) in [6, 6.07) is 2.87. The monoisotopic (exact) mass is 323 g/mol. The smallest absolute Gasteiger partial charge is 0.393 e. The molecular weight excluding hydrogens is 308 g/mol. The average molecular weight is 323 g/mol. The highest BCUT2D eigenvalue weighted by Gasteiger charge is 2.32. The summed E-state index contributed by atoms with van der Waals surface area (Å²) in [5.74, 6) is -2.23. The SMILES string of the molecule is Cc1nn(CC(=O)N2CCCC2c2ccc(F)cc2F)c(=O)o1. The van der Waals surface area contributed by atoms with E-state index in [0.29, 0.717) is 19.4 Å². The van der Waals surface area contributed by atoms with Gasteiger partial charge in [0, 0.05) is 25.1 Å². The Bertz CT molecular complexity index is 800. The molecule has 122 valence electrons. The molecule has 1 aliphatic heterocycles. The Hall–Kier alpha value is -2.51. The van der Waals surface area contributed by atoms with Crippen LogP contribution in [0.4, 0.5) is 8.78 Å². The molecule has 0 aliphatic carbocycles. The van der Waals surface area contributed by atoms with Gasteiger partial charge in [0.05, 0.1) is 6.04 Å². The van der Waals surface area contributed by atoms with E-state index in [1.165, 1.54) is 24.0 Å². The highest BCUT2D eigenvalue weighted by molar-refractivity contribution is 5.76. The van der Waals surface area contributed by atoms with Crippen LogP contribution in [0.2, 0.25) is 0 Å². The molecule has 8 heteroatoms. The van der Waals surface area contributed by atoms with E-state index in [1.807, 2.05) is 0 Å². The lowest BCUT2D eigenvalue weighted by molar-refractivity contribution is -0.133. The van der Waals surface area contributed by atoms with Crippen molar-refractivity contribution in [1.29, 1.82) is 0 Å². The molecule has 6 nitrogen and oxygen atoms in total. The van der Waals surface area contributed by atoms with Crippen molar-refractivity contribution in [3.8, 4) is 0 Å². The lowest BCUT2D eigenvalue weighted by atomic mass is 10.0. The Morgan fingerprint density at radius 1 is 1.43 bits per heavy atom. The standard InChI is InChI=1S/C15H15F2N3O3/c1-9-18-20(15(22)23-9)8-14(21)19-6-2-3-13(19)11-5-4-10(16)7-12(11)17/h4-5,7,13H,2-3,6,8H2,1H3. The van der Waals surface area contributed by atoms with Crippen LogP contribution in [-0.2, 0) is 11.3 Å². The van der Waals surface area contributed by atoms with Gasteiger partial charge in [-0.2, -0.15) is 4.68 Å². The minimum Gasteiger partial charge on any atom is -0.393 e. The van der Waals surface area contributed by atoms with Gasteiger partial charge in [-0.05, 0) is 18.9 Å². The van der Waals surface area contributed by atoms with Crippen LogP contribution in [-0.4, -0.2) is 27.1 Å². The van der Waals surface area contributed by atoms with Crippen molar-refractivity contribution in [2.75, 3.05) is 6.54 Å². The van der Waals surface area contributed by atoms with E-state index in [9.17, 15) is 18.4 Å². The van der Waals surface area contributed by atoms with Crippen molar-refractivity contribution in [1.82, 2.24) is 14.7 Å². The first-order chi connectivity index (χ1) is 11.0. The van der Waals surface area contributed by atoms with Gasteiger partial charge in [-0.1, -0.05) is 6.07 Å². The second kappa shape index (κ2) is 5.94. The van der Waals surface area contributed by atoms with Crippen LogP contribution in [0, 0.1) is 18.6 Å². The van der Waals surface area contributed by atoms with Gasteiger partial charge in [-0.15, -0.1) is 5.10 Å².